The van der Waals surface area contributed by atoms with Gasteiger partial charge in [0, 0.05) is 24.6 Å². The first-order valence-electron chi connectivity index (χ1n) is 8.28. The van der Waals surface area contributed by atoms with Gasteiger partial charge in [-0.2, -0.15) is 5.10 Å². The minimum atomic E-state index is -0.120. The fraction of sp³-hybridized carbons (Fsp3) is 0.389. The Bertz CT molecular complexity index is 667. The average Bonchev–Trinajstić information content (AvgIpc) is 3.06. The van der Waals surface area contributed by atoms with Crippen LogP contribution in [0.1, 0.15) is 49.5 Å². The van der Waals surface area contributed by atoms with Gasteiger partial charge in [-0.3, -0.25) is 9.59 Å². The molecule has 2 rings (SSSR count). The van der Waals surface area contributed by atoms with Crippen LogP contribution in [0.2, 0.25) is 0 Å². The zero-order chi connectivity index (χ0) is 17.4. The summed E-state index contributed by atoms with van der Waals surface area (Å²) in [7, 11) is 0. The lowest BCUT2D eigenvalue weighted by molar-refractivity contribution is -0.116. The molecule has 2 aromatic rings. The average molecular weight is 328 g/mol. The third kappa shape index (κ3) is 4.94. The summed E-state index contributed by atoms with van der Waals surface area (Å²) in [6, 6.07) is 11.1. The maximum absolute atomic E-state index is 12.0. The lowest BCUT2D eigenvalue weighted by Gasteiger charge is -2.14. The Morgan fingerprint density at radius 2 is 1.96 bits per heavy atom. The monoisotopic (exact) mass is 328 g/mol. The van der Waals surface area contributed by atoms with Crippen molar-refractivity contribution in [2.75, 3.05) is 11.9 Å². The van der Waals surface area contributed by atoms with Crippen LogP contribution >= 0.6 is 0 Å². The molecule has 1 heterocycles. The van der Waals surface area contributed by atoms with E-state index in [0.717, 1.165) is 6.42 Å². The highest BCUT2D eigenvalue weighted by Crippen LogP contribution is 2.16. The Morgan fingerprint density at radius 1 is 1.21 bits per heavy atom. The highest BCUT2D eigenvalue weighted by Gasteiger charge is 2.11. The summed E-state index contributed by atoms with van der Waals surface area (Å²) in [5, 5.41) is 9.93. The van der Waals surface area contributed by atoms with Crippen molar-refractivity contribution >= 4 is 17.6 Å². The van der Waals surface area contributed by atoms with Gasteiger partial charge in [0.2, 0.25) is 5.91 Å². The number of hydrogen-bond acceptors (Lipinski definition) is 3. The standard InChI is InChI=1S/C18H24N4O2/c1-3-14(2)22-16(11-13-20-22)21-17(23)10-7-12-19-18(24)15-8-5-4-6-9-15/h4-6,8-9,11,13-14H,3,7,10,12H2,1-2H3,(H,19,24)(H,21,23)/t14-/m1/s1. The van der Waals surface area contributed by atoms with Crippen LogP contribution in [-0.4, -0.2) is 28.1 Å². The van der Waals surface area contributed by atoms with E-state index in [2.05, 4.69) is 29.6 Å². The van der Waals surface area contributed by atoms with E-state index >= 15 is 0 Å². The van der Waals surface area contributed by atoms with E-state index in [1.165, 1.54) is 0 Å². The lowest BCUT2D eigenvalue weighted by Crippen LogP contribution is -2.25. The molecule has 0 spiro atoms. The van der Waals surface area contributed by atoms with Gasteiger partial charge in [-0.25, -0.2) is 4.68 Å². The number of carbonyl (C=O) groups excluding carboxylic acids is 2. The van der Waals surface area contributed by atoms with Crippen molar-refractivity contribution in [3.63, 3.8) is 0 Å². The summed E-state index contributed by atoms with van der Waals surface area (Å²) in [5.41, 5.74) is 0.624. The molecule has 0 aliphatic rings. The predicted octanol–water partition coefficient (Wildman–Crippen LogP) is 3.00. The smallest absolute Gasteiger partial charge is 0.251 e. The lowest BCUT2D eigenvalue weighted by atomic mass is 10.2. The van der Waals surface area contributed by atoms with E-state index in [4.69, 9.17) is 0 Å². The van der Waals surface area contributed by atoms with Crippen molar-refractivity contribution in [1.29, 1.82) is 0 Å². The molecule has 2 N–H and O–H groups in total. The number of hydrogen-bond donors (Lipinski definition) is 2. The van der Waals surface area contributed by atoms with Crippen molar-refractivity contribution in [3.8, 4) is 0 Å². The molecular weight excluding hydrogens is 304 g/mol. The van der Waals surface area contributed by atoms with E-state index in [1.54, 1.807) is 24.4 Å². The van der Waals surface area contributed by atoms with Crippen LogP contribution in [0.4, 0.5) is 5.82 Å². The zero-order valence-electron chi connectivity index (χ0n) is 14.2. The SMILES string of the molecule is CC[C@@H](C)n1nccc1NC(=O)CCCNC(=O)c1ccccc1. The summed E-state index contributed by atoms with van der Waals surface area (Å²) >= 11 is 0. The molecule has 24 heavy (non-hydrogen) atoms. The second-order valence-electron chi connectivity index (χ2n) is 5.69. The molecule has 6 heteroatoms. The fourth-order valence-corrected chi connectivity index (χ4v) is 2.29. The normalized spacial score (nSPS) is 11.8. The van der Waals surface area contributed by atoms with Gasteiger partial charge >= 0.3 is 0 Å². The Morgan fingerprint density at radius 3 is 2.67 bits per heavy atom. The van der Waals surface area contributed by atoms with Crippen LogP contribution in [0.25, 0.3) is 0 Å². The quantitative estimate of drug-likeness (QED) is 0.731. The number of amides is 2. The van der Waals surface area contributed by atoms with E-state index in [-0.39, 0.29) is 17.9 Å². The second kappa shape index (κ2) is 8.86. The van der Waals surface area contributed by atoms with Crippen molar-refractivity contribution in [3.05, 3.63) is 48.2 Å². The molecule has 0 bridgehead atoms. The summed E-state index contributed by atoms with van der Waals surface area (Å²) in [4.78, 5) is 23.9. The molecule has 0 saturated carbocycles. The molecule has 1 atom stereocenters. The van der Waals surface area contributed by atoms with Crippen LogP contribution in [0.5, 0.6) is 0 Å². The number of anilines is 1. The summed E-state index contributed by atoms with van der Waals surface area (Å²) < 4.78 is 1.81. The summed E-state index contributed by atoms with van der Waals surface area (Å²) in [6.07, 6.45) is 3.56. The highest BCUT2D eigenvalue weighted by atomic mass is 16.2. The summed E-state index contributed by atoms with van der Waals surface area (Å²) in [6.45, 7) is 4.60. The van der Waals surface area contributed by atoms with E-state index in [0.29, 0.717) is 30.8 Å². The van der Waals surface area contributed by atoms with Crippen LogP contribution in [0, 0.1) is 0 Å². The molecule has 6 nitrogen and oxygen atoms in total. The van der Waals surface area contributed by atoms with Gasteiger partial charge in [0.15, 0.2) is 0 Å². The largest absolute Gasteiger partial charge is 0.352 e. The molecule has 128 valence electrons. The summed E-state index contributed by atoms with van der Waals surface area (Å²) in [5.74, 6) is 0.516. The van der Waals surface area contributed by atoms with Gasteiger partial charge in [-0.15, -0.1) is 0 Å². The maximum Gasteiger partial charge on any atom is 0.251 e. The fourth-order valence-electron chi connectivity index (χ4n) is 2.29. The molecule has 0 radical (unpaired) electrons. The van der Waals surface area contributed by atoms with Crippen molar-refractivity contribution < 1.29 is 9.59 Å². The Labute approximate surface area is 142 Å². The molecule has 0 saturated heterocycles. The maximum atomic E-state index is 12.0. The number of benzene rings is 1. The molecular formula is C18H24N4O2. The van der Waals surface area contributed by atoms with Crippen LogP contribution in [-0.2, 0) is 4.79 Å². The van der Waals surface area contributed by atoms with Gasteiger partial charge in [-0.1, -0.05) is 25.1 Å². The number of aromatic nitrogens is 2. The highest BCUT2D eigenvalue weighted by molar-refractivity contribution is 5.94. The van der Waals surface area contributed by atoms with Crippen molar-refractivity contribution in [2.45, 2.75) is 39.2 Å². The topological polar surface area (TPSA) is 76.0 Å². The second-order valence-corrected chi connectivity index (χ2v) is 5.69. The van der Waals surface area contributed by atoms with Crippen LogP contribution < -0.4 is 10.6 Å². The van der Waals surface area contributed by atoms with Gasteiger partial charge in [-0.05, 0) is 31.9 Å². The van der Waals surface area contributed by atoms with Gasteiger partial charge in [0.05, 0.1) is 12.2 Å². The number of nitrogens with zero attached hydrogens (tertiary/aromatic N) is 2. The van der Waals surface area contributed by atoms with Gasteiger partial charge in [0.1, 0.15) is 5.82 Å². The molecule has 2 amide bonds. The molecule has 1 aromatic carbocycles. The third-order valence-electron chi connectivity index (χ3n) is 3.85. The number of nitrogens with one attached hydrogen (secondary N) is 2. The van der Waals surface area contributed by atoms with E-state index in [1.807, 2.05) is 22.9 Å². The first-order valence-corrected chi connectivity index (χ1v) is 8.28. The first-order chi connectivity index (χ1) is 11.6. The van der Waals surface area contributed by atoms with Crippen LogP contribution in [0.3, 0.4) is 0 Å². The minimum absolute atomic E-state index is 0.0750. The Balaban J connectivity index is 1.72. The zero-order valence-corrected chi connectivity index (χ0v) is 14.2. The molecule has 1 aromatic heterocycles. The van der Waals surface area contributed by atoms with Crippen LogP contribution in [0.15, 0.2) is 42.6 Å². The third-order valence-corrected chi connectivity index (χ3v) is 3.85. The Hall–Kier alpha value is -2.63. The van der Waals surface area contributed by atoms with Crippen molar-refractivity contribution in [1.82, 2.24) is 15.1 Å². The van der Waals surface area contributed by atoms with Gasteiger partial charge < -0.3 is 10.6 Å². The van der Waals surface area contributed by atoms with E-state index < -0.39 is 0 Å². The number of rotatable bonds is 8. The minimum Gasteiger partial charge on any atom is -0.352 e. The first kappa shape index (κ1) is 17.7. The molecule has 0 aliphatic carbocycles. The molecule has 0 fully saturated rings. The molecule has 0 unspecified atom stereocenters. The Kier molecular flexibility index (Phi) is 6.54. The predicted molar refractivity (Wildman–Crippen MR) is 93.9 cm³/mol. The van der Waals surface area contributed by atoms with Gasteiger partial charge in [0.25, 0.3) is 5.91 Å². The van der Waals surface area contributed by atoms with E-state index in [9.17, 15) is 9.59 Å². The van der Waals surface area contributed by atoms with Crippen molar-refractivity contribution in [2.24, 2.45) is 0 Å². The molecule has 0 aliphatic heterocycles. The number of carbonyl (C=O) groups is 2.